The summed E-state index contributed by atoms with van der Waals surface area (Å²) >= 11 is 0. The molecule has 2 bridgehead atoms. The summed E-state index contributed by atoms with van der Waals surface area (Å²) in [6.07, 6.45) is -12.6. The van der Waals surface area contributed by atoms with Crippen LogP contribution in [-0.4, -0.2) is 135 Å². The molecule has 4 aliphatic carbocycles. The molecular weight excluding hydrogens is 886 g/mol. The zero-order valence-corrected chi connectivity index (χ0v) is 38.4. The Labute approximate surface area is 385 Å². The Hall–Kier alpha value is -5.52. The number of aliphatic hydroxyl groups excluding tert-OH is 2. The van der Waals surface area contributed by atoms with E-state index in [2.05, 4.69) is 5.32 Å². The summed E-state index contributed by atoms with van der Waals surface area (Å²) in [5, 5.41) is 40.3. The predicted octanol–water partition coefficient (Wildman–Crippen LogP) is 0.483. The van der Waals surface area contributed by atoms with Gasteiger partial charge in [0.05, 0.1) is 41.5 Å². The van der Waals surface area contributed by atoms with E-state index in [1.165, 1.54) is 39.8 Å². The lowest BCUT2D eigenvalue weighted by Crippen LogP contribution is -2.81. The van der Waals surface area contributed by atoms with Crippen molar-refractivity contribution in [3.63, 3.8) is 0 Å². The molecule has 1 aromatic carbocycles. The second kappa shape index (κ2) is 18.5. The summed E-state index contributed by atoms with van der Waals surface area (Å²) in [5.41, 5.74) is 2.91. The number of nitrogens with two attached hydrogens (primary N) is 2. The van der Waals surface area contributed by atoms with Gasteiger partial charge >= 0.3 is 35.9 Å². The van der Waals surface area contributed by atoms with Crippen molar-refractivity contribution in [2.45, 2.75) is 153 Å². The zero-order chi connectivity index (χ0) is 49.8. The van der Waals surface area contributed by atoms with Gasteiger partial charge in [0, 0.05) is 25.2 Å². The number of hydrogen-bond acceptors (Lipinski definition) is 20. The highest BCUT2D eigenvalue weighted by molar-refractivity contribution is 5.94. The molecule has 3 saturated carbocycles. The second-order valence-corrected chi connectivity index (χ2v) is 19.5. The van der Waals surface area contributed by atoms with Crippen LogP contribution in [0.3, 0.4) is 0 Å². The fourth-order valence-electron chi connectivity index (χ4n) is 9.80. The normalized spacial score (nSPS) is 32.1. The van der Waals surface area contributed by atoms with Crippen LogP contribution in [0.25, 0.3) is 0 Å². The lowest BCUT2D eigenvalue weighted by molar-refractivity contribution is -0.595. The molecule has 0 spiro atoms. The average Bonchev–Trinajstić information content (AvgIpc) is 4.08. The van der Waals surface area contributed by atoms with Crippen LogP contribution in [0.4, 0.5) is 4.79 Å². The Balaban J connectivity index is 1.45. The lowest BCUT2D eigenvalue weighted by atomic mass is 9.46. The van der Waals surface area contributed by atoms with Gasteiger partial charge in [0.2, 0.25) is 12.0 Å². The van der Waals surface area contributed by atoms with Gasteiger partial charge in [0.15, 0.2) is 18.5 Å². The molecule has 1 aromatic rings. The fourth-order valence-corrected chi connectivity index (χ4v) is 9.80. The van der Waals surface area contributed by atoms with Gasteiger partial charge in [-0.1, -0.05) is 32.0 Å². The summed E-state index contributed by atoms with van der Waals surface area (Å²) in [4.78, 5) is 118. The molecule has 1 unspecified atom stereocenters. The van der Waals surface area contributed by atoms with Crippen molar-refractivity contribution in [2.24, 2.45) is 34.1 Å². The number of rotatable bonds is 14. The van der Waals surface area contributed by atoms with Gasteiger partial charge in [-0.05, 0) is 76.7 Å². The van der Waals surface area contributed by atoms with Crippen LogP contribution >= 0.6 is 0 Å². The molecule has 368 valence electrons. The number of aliphatic hydroxyl groups is 3. The van der Waals surface area contributed by atoms with Crippen LogP contribution in [-0.2, 0) is 67.0 Å². The monoisotopic (exact) mass is 945 g/mol. The number of nitrogens with one attached hydrogen (secondary N) is 1. The summed E-state index contributed by atoms with van der Waals surface area (Å²) in [5.74, 6) is -12.4. The van der Waals surface area contributed by atoms with Crippen molar-refractivity contribution in [2.75, 3.05) is 6.61 Å². The molecule has 22 nitrogen and oxygen atoms in total. The number of amides is 2. The van der Waals surface area contributed by atoms with Gasteiger partial charge in [-0.2, -0.15) is 4.89 Å². The molecular formula is C45H59N3O19. The van der Waals surface area contributed by atoms with Crippen molar-refractivity contribution in [3.8, 4) is 0 Å². The van der Waals surface area contributed by atoms with Crippen LogP contribution < -0.4 is 16.8 Å². The van der Waals surface area contributed by atoms with Crippen LogP contribution in [0.15, 0.2) is 41.5 Å². The van der Waals surface area contributed by atoms with Gasteiger partial charge in [-0.15, -0.1) is 0 Å². The smallest absolute Gasteiger partial charge is 0.408 e. The minimum absolute atomic E-state index is 0.0142. The summed E-state index contributed by atoms with van der Waals surface area (Å²) in [6.45, 7) is 10.3. The van der Waals surface area contributed by atoms with Crippen LogP contribution in [0.1, 0.15) is 97.9 Å². The average molecular weight is 946 g/mol. The number of esters is 5. The molecule has 0 aromatic heterocycles. The van der Waals surface area contributed by atoms with Crippen molar-refractivity contribution in [1.82, 2.24) is 5.32 Å². The molecule has 22 heteroatoms. The Morgan fingerprint density at radius 2 is 1.63 bits per heavy atom. The van der Waals surface area contributed by atoms with Gasteiger partial charge < -0.3 is 60.5 Å². The van der Waals surface area contributed by atoms with E-state index in [1.807, 2.05) is 0 Å². The summed E-state index contributed by atoms with van der Waals surface area (Å²) in [7, 11) is 0. The summed E-state index contributed by atoms with van der Waals surface area (Å²) in [6, 6.07) is 4.80. The third kappa shape index (κ3) is 9.64. The molecule has 6 rings (SSSR count). The van der Waals surface area contributed by atoms with Crippen molar-refractivity contribution in [1.29, 1.82) is 0 Å². The molecule has 67 heavy (non-hydrogen) atoms. The Bertz CT molecular complexity index is 2200. The Morgan fingerprint density at radius 3 is 2.18 bits per heavy atom. The number of carbonyl (C=O) groups is 8. The maximum absolute atomic E-state index is 15.1. The van der Waals surface area contributed by atoms with Gasteiger partial charge in [-0.3, -0.25) is 19.2 Å². The molecule has 12 atom stereocenters. The van der Waals surface area contributed by atoms with E-state index in [4.69, 9.17) is 49.7 Å². The maximum atomic E-state index is 15.1. The SMILES string of the molecule is CC(=O)O[C@@]12OO[C@@H]1C[C@H](O)[C@@]1(C)C(=O)[C@H](O)C3=C(C)[C@@H](OC(=O)[C@H](OC(=O)COC(=O)CC(N)C(N)=O)[C@@H](NC(=O)OC(C)(C)C)C4CC4)C[C@@](O)([C@@H](OC(=O)c4ccccc4)[C@H]21)C3(C)C. The van der Waals surface area contributed by atoms with E-state index >= 15 is 4.79 Å². The fraction of sp³-hybridized carbons (Fsp3) is 0.644. The zero-order valence-electron chi connectivity index (χ0n) is 38.4. The van der Waals surface area contributed by atoms with Gasteiger partial charge in [0.1, 0.15) is 29.5 Å². The highest BCUT2D eigenvalue weighted by Crippen LogP contribution is 2.64. The number of fused-ring (bicyclic) bond motifs is 5. The minimum Gasteiger partial charge on any atom is -0.455 e. The number of Topliss-reactive ketones (excluding diaryl/α,β-unsaturated/α-hetero) is 1. The van der Waals surface area contributed by atoms with E-state index in [-0.39, 0.29) is 23.1 Å². The molecule has 5 aliphatic rings. The highest BCUT2D eigenvalue weighted by Gasteiger charge is 2.80. The number of hydrogen-bond donors (Lipinski definition) is 6. The molecule has 1 aliphatic heterocycles. The number of alkyl carbamates (subject to hydrolysis) is 1. The van der Waals surface area contributed by atoms with Gasteiger partial charge in [0.25, 0.3) is 5.79 Å². The topological polar surface area (TPSA) is 335 Å². The van der Waals surface area contributed by atoms with E-state index in [0.29, 0.717) is 12.8 Å². The molecule has 2 amide bonds. The first-order valence-electron chi connectivity index (χ1n) is 21.8. The van der Waals surface area contributed by atoms with Crippen LogP contribution in [0.5, 0.6) is 0 Å². The minimum atomic E-state index is -2.55. The van der Waals surface area contributed by atoms with Crippen LogP contribution in [0.2, 0.25) is 0 Å². The summed E-state index contributed by atoms with van der Waals surface area (Å²) < 4.78 is 34.1. The Kier molecular flexibility index (Phi) is 14.1. The van der Waals surface area contributed by atoms with E-state index < -0.39 is 155 Å². The largest absolute Gasteiger partial charge is 0.455 e. The lowest BCUT2D eigenvalue weighted by Gasteiger charge is -2.65. The van der Waals surface area contributed by atoms with E-state index in [9.17, 15) is 48.9 Å². The molecule has 4 fully saturated rings. The Morgan fingerprint density at radius 1 is 0.985 bits per heavy atom. The second-order valence-electron chi connectivity index (χ2n) is 19.5. The molecule has 0 radical (unpaired) electrons. The maximum Gasteiger partial charge on any atom is 0.408 e. The van der Waals surface area contributed by atoms with Crippen molar-refractivity contribution < 1.29 is 91.9 Å². The number of primary amides is 1. The molecule has 8 N–H and O–H groups in total. The van der Waals surface area contributed by atoms with E-state index in [0.717, 1.165) is 6.92 Å². The quantitative estimate of drug-likeness (QED) is 0.0639. The molecule has 1 heterocycles. The van der Waals surface area contributed by atoms with Crippen molar-refractivity contribution >= 4 is 47.6 Å². The first kappa shape index (κ1) is 50.9. The first-order chi connectivity index (χ1) is 31.1. The number of ketones is 1. The van der Waals surface area contributed by atoms with Crippen molar-refractivity contribution in [3.05, 3.63) is 47.0 Å². The number of ether oxygens (including phenoxy) is 6. The third-order valence-electron chi connectivity index (χ3n) is 13.5. The standard InChI is InChI=1S/C45H59N3O19/c1-20-25(61-39(57)33(31(22-14-15-22)48-40(58)65-41(3,4)5)62-29(52)19-60-28(51)16-24(46)37(47)55)18-44(59)36(63-38(56)23-12-10-9-11-13-23)34-43(8,35(54)32(53)30(20)42(44,6)7)26(50)17-27-45(34,67-66-27)64-21(2)49/h9-13,22,24-27,31-34,36,50,53,59H,14-19,46H2,1-8H3,(H2,47,55)(H,48,58)/t24?,25-,26-,27+,31-,32+,33+,34-,36-,43+,44+,45+/m0/s1. The highest BCUT2D eigenvalue weighted by atomic mass is 17.3. The third-order valence-corrected chi connectivity index (χ3v) is 13.5. The van der Waals surface area contributed by atoms with Crippen LogP contribution in [0, 0.1) is 22.7 Å². The molecule has 1 saturated heterocycles. The first-order valence-corrected chi connectivity index (χ1v) is 21.8. The van der Waals surface area contributed by atoms with Gasteiger partial charge in [-0.25, -0.2) is 24.1 Å². The number of benzene rings is 1. The predicted molar refractivity (Wildman–Crippen MR) is 224 cm³/mol. The number of carbonyl (C=O) groups excluding carboxylic acids is 8. The van der Waals surface area contributed by atoms with E-state index in [1.54, 1.807) is 39.0 Å².